The molecule has 0 aliphatic heterocycles. The quantitative estimate of drug-likeness (QED) is 0.894. The smallest absolute Gasteiger partial charge is 0.123 e. The second kappa shape index (κ2) is 6.38. The minimum absolute atomic E-state index is 0.139. The molecule has 2 nitrogen and oxygen atoms in total. The fourth-order valence-electron chi connectivity index (χ4n) is 3.09. The van der Waals surface area contributed by atoms with Crippen molar-refractivity contribution in [3.63, 3.8) is 0 Å². The molecule has 1 unspecified atom stereocenters. The van der Waals surface area contributed by atoms with E-state index in [1.165, 1.54) is 38.2 Å². The summed E-state index contributed by atoms with van der Waals surface area (Å²) in [4.78, 5) is 2.24. The first-order chi connectivity index (χ1) is 9.08. The van der Waals surface area contributed by atoms with Gasteiger partial charge in [0, 0.05) is 25.3 Å². The maximum absolute atomic E-state index is 13.4. The van der Waals surface area contributed by atoms with Crippen LogP contribution in [-0.4, -0.2) is 13.6 Å². The summed E-state index contributed by atoms with van der Waals surface area (Å²) in [7, 11) is 2.09. The van der Waals surface area contributed by atoms with Crippen LogP contribution in [0.25, 0.3) is 0 Å². The SMILES string of the molecule is CC(N)c1cc(F)ccc1N(C)CC1CCCCC1. The first kappa shape index (κ1) is 14.3. The van der Waals surface area contributed by atoms with Gasteiger partial charge in [0.2, 0.25) is 0 Å². The highest BCUT2D eigenvalue weighted by atomic mass is 19.1. The van der Waals surface area contributed by atoms with E-state index in [4.69, 9.17) is 5.73 Å². The zero-order valence-electron chi connectivity index (χ0n) is 12.0. The lowest BCUT2D eigenvalue weighted by atomic mass is 9.89. The summed E-state index contributed by atoms with van der Waals surface area (Å²) in [5.41, 5.74) is 7.93. The van der Waals surface area contributed by atoms with Gasteiger partial charge in [-0.3, -0.25) is 0 Å². The van der Waals surface area contributed by atoms with Crippen LogP contribution >= 0.6 is 0 Å². The lowest BCUT2D eigenvalue weighted by Crippen LogP contribution is -2.28. The standard InChI is InChI=1S/C16H25FN2/c1-12(18)15-10-14(17)8-9-16(15)19(2)11-13-6-4-3-5-7-13/h8-10,12-13H,3-7,11,18H2,1-2H3. The molecule has 0 saturated heterocycles. The van der Waals surface area contributed by atoms with Crippen LogP contribution in [0.4, 0.5) is 10.1 Å². The Kier molecular flexibility index (Phi) is 4.81. The summed E-state index contributed by atoms with van der Waals surface area (Å²) in [5.74, 6) is 0.562. The van der Waals surface area contributed by atoms with Crippen LogP contribution < -0.4 is 10.6 Å². The van der Waals surface area contributed by atoms with Gasteiger partial charge in [-0.15, -0.1) is 0 Å². The fourth-order valence-corrected chi connectivity index (χ4v) is 3.09. The molecule has 1 fully saturated rings. The predicted octanol–water partition coefficient (Wildman–Crippen LogP) is 3.86. The van der Waals surface area contributed by atoms with E-state index in [9.17, 15) is 4.39 Å². The van der Waals surface area contributed by atoms with Crippen molar-refractivity contribution in [1.82, 2.24) is 0 Å². The fraction of sp³-hybridized carbons (Fsp3) is 0.625. The molecule has 3 heteroatoms. The first-order valence-electron chi connectivity index (χ1n) is 7.34. The number of hydrogen-bond donors (Lipinski definition) is 1. The van der Waals surface area contributed by atoms with E-state index in [0.717, 1.165) is 23.7 Å². The van der Waals surface area contributed by atoms with E-state index >= 15 is 0 Å². The van der Waals surface area contributed by atoms with Crippen molar-refractivity contribution in [2.45, 2.75) is 45.1 Å². The summed E-state index contributed by atoms with van der Waals surface area (Å²) in [6, 6.07) is 4.81. The minimum Gasteiger partial charge on any atom is -0.374 e. The Labute approximate surface area is 115 Å². The van der Waals surface area contributed by atoms with Gasteiger partial charge in [-0.25, -0.2) is 4.39 Å². The van der Waals surface area contributed by atoms with E-state index in [1.807, 2.05) is 13.0 Å². The highest BCUT2D eigenvalue weighted by Crippen LogP contribution is 2.29. The number of halogens is 1. The van der Waals surface area contributed by atoms with Crippen molar-refractivity contribution < 1.29 is 4.39 Å². The average Bonchev–Trinajstić information content (AvgIpc) is 2.39. The van der Waals surface area contributed by atoms with Crippen LogP contribution in [-0.2, 0) is 0 Å². The van der Waals surface area contributed by atoms with E-state index in [2.05, 4.69) is 11.9 Å². The minimum atomic E-state index is -0.206. The summed E-state index contributed by atoms with van der Waals surface area (Å²) >= 11 is 0. The molecule has 0 bridgehead atoms. The van der Waals surface area contributed by atoms with Gasteiger partial charge < -0.3 is 10.6 Å². The third-order valence-corrected chi connectivity index (χ3v) is 4.15. The van der Waals surface area contributed by atoms with Crippen molar-refractivity contribution in [3.05, 3.63) is 29.6 Å². The molecule has 1 atom stereocenters. The molecule has 19 heavy (non-hydrogen) atoms. The van der Waals surface area contributed by atoms with Gasteiger partial charge >= 0.3 is 0 Å². The molecule has 1 saturated carbocycles. The Bertz CT molecular complexity index is 411. The number of hydrogen-bond acceptors (Lipinski definition) is 2. The van der Waals surface area contributed by atoms with Gasteiger partial charge in [-0.2, -0.15) is 0 Å². The molecule has 1 aliphatic rings. The lowest BCUT2D eigenvalue weighted by molar-refractivity contribution is 0.362. The average molecular weight is 264 g/mol. The maximum Gasteiger partial charge on any atom is 0.123 e. The third kappa shape index (κ3) is 3.69. The van der Waals surface area contributed by atoms with Crippen LogP contribution in [0.3, 0.4) is 0 Å². The van der Waals surface area contributed by atoms with Crippen molar-refractivity contribution >= 4 is 5.69 Å². The van der Waals surface area contributed by atoms with Crippen LogP contribution in [0.15, 0.2) is 18.2 Å². The van der Waals surface area contributed by atoms with E-state index < -0.39 is 0 Å². The predicted molar refractivity (Wildman–Crippen MR) is 78.8 cm³/mol. The Morgan fingerprint density at radius 1 is 1.32 bits per heavy atom. The molecule has 0 amide bonds. The number of nitrogens with zero attached hydrogens (tertiary/aromatic N) is 1. The molecule has 106 valence electrons. The van der Waals surface area contributed by atoms with E-state index in [0.29, 0.717) is 0 Å². The molecule has 2 N–H and O–H groups in total. The zero-order valence-corrected chi connectivity index (χ0v) is 12.0. The highest BCUT2D eigenvalue weighted by Gasteiger charge is 2.18. The van der Waals surface area contributed by atoms with Gasteiger partial charge in [0.25, 0.3) is 0 Å². The van der Waals surface area contributed by atoms with Gasteiger partial charge in [0.1, 0.15) is 5.82 Å². The van der Waals surface area contributed by atoms with E-state index in [1.54, 1.807) is 6.07 Å². The summed E-state index contributed by atoms with van der Waals surface area (Å²) < 4.78 is 13.4. The summed E-state index contributed by atoms with van der Waals surface area (Å²) in [6.07, 6.45) is 6.71. The Hall–Kier alpha value is -1.09. The van der Waals surface area contributed by atoms with Gasteiger partial charge in [-0.1, -0.05) is 19.3 Å². The molecule has 0 aromatic heterocycles. The van der Waals surface area contributed by atoms with Crippen LogP contribution in [0.1, 0.15) is 50.6 Å². The molecule has 1 aromatic carbocycles. The van der Waals surface area contributed by atoms with Crippen LogP contribution in [0, 0.1) is 11.7 Å². The van der Waals surface area contributed by atoms with E-state index in [-0.39, 0.29) is 11.9 Å². The van der Waals surface area contributed by atoms with Crippen LogP contribution in [0.2, 0.25) is 0 Å². The molecule has 0 spiro atoms. The largest absolute Gasteiger partial charge is 0.374 e. The second-order valence-corrected chi connectivity index (χ2v) is 5.88. The Balaban J connectivity index is 2.11. The number of benzene rings is 1. The van der Waals surface area contributed by atoms with Crippen molar-refractivity contribution in [2.24, 2.45) is 11.7 Å². The Morgan fingerprint density at radius 2 is 2.00 bits per heavy atom. The lowest BCUT2D eigenvalue weighted by Gasteiger charge is -2.30. The molecule has 0 radical (unpaired) electrons. The van der Waals surface area contributed by atoms with Gasteiger partial charge in [0.05, 0.1) is 0 Å². The van der Waals surface area contributed by atoms with Crippen LogP contribution in [0.5, 0.6) is 0 Å². The molecular formula is C16H25FN2. The van der Waals surface area contributed by atoms with Gasteiger partial charge in [0.15, 0.2) is 0 Å². The summed E-state index contributed by atoms with van der Waals surface area (Å²) in [6.45, 7) is 2.96. The zero-order chi connectivity index (χ0) is 13.8. The summed E-state index contributed by atoms with van der Waals surface area (Å²) in [5, 5.41) is 0. The van der Waals surface area contributed by atoms with Crippen molar-refractivity contribution in [1.29, 1.82) is 0 Å². The molecule has 1 aliphatic carbocycles. The van der Waals surface area contributed by atoms with Crippen molar-refractivity contribution in [2.75, 3.05) is 18.5 Å². The Morgan fingerprint density at radius 3 is 2.63 bits per heavy atom. The topological polar surface area (TPSA) is 29.3 Å². The third-order valence-electron chi connectivity index (χ3n) is 4.15. The van der Waals surface area contributed by atoms with Gasteiger partial charge in [-0.05, 0) is 49.4 Å². The molecule has 1 aromatic rings. The maximum atomic E-state index is 13.4. The number of anilines is 1. The highest BCUT2D eigenvalue weighted by molar-refractivity contribution is 5.54. The second-order valence-electron chi connectivity index (χ2n) is 5.88. The first-order valence-corrected chi connectivity index (χ1v) is 7.34. The monoisotopic (exact) mass is 264 g/mol. The molecular weight excluding hydrogens is 239 g/mol. The number of nitrogens with two attached hydrogens (primary N) is 1. The molecule has 2 rings (SSSR count). The number of rotatable bonds is 4. The molecule has 0 heterocycles. The normalized spacial score (nSPS) is 18.3. The van der Waals surface area contributed by atoms with Crippen molar-refractivity contribution in [3.8, 4) is 0 Å².